The van der Waals surface area contributed by atoms with Crippen molar-refractivity contribution in [3.8, 4) is 89.0 Å². The van der Waals surface area contributed by atoms with Crippen LogP contribution in [0.25, 0.3) is 133 Å². The second-order valence-electron chi connectivity index (χ2n) is 48.2. The number of anilines is 3. The van der Waals surface area contributed by atoms with Crippen LogP contribution in [0.2, 0.25) is 0 Å². The molecule has 0 amide bonds. The standard InChI is InChI=1S/C147H179NO2/c1-13-21-29-37-45-59-89-145(90-60-46-38-30-22-14-2)125-84-86-137-140(119-64-50-53-67-135(119)149-137)139(125)123-103-131-122(102-132(123)145)117-82-77-111(99-129(117)146(131,91-61-47-39-31-23-15-3)92-62-48-40-32-24-16-4)148(134-85-69-104(9)95-105(134)10)112-78-83-118-130(100-112)147(93-57-43-35-27-19-7,94-58-44-36-28-20-8)133-101-121(142-141(138(118)133)120-65-51-54-68-136(120)150-142)107-72-70-106(71-73-107)108-74-79-114-115-80-75-109(97-127(115)143(11,12)126(114)96-108)110-76-81-116-113-63-49-52-66-124(113)144(128(116)98-110,87-55-41-33-25-17-5)88-56-42-34-26-18-6/h49-54,63-86,95-103H,13-48,55-62,87-94H2,1-12H3. The normalized spacial score (nSPS) is 14.6. The first-order chi connectivity index (χ1) is 73.6. The lowest BCUT2D eigenvalue weighted by Gasteiger charge is -2.36. The number of fused-ring (bicyclic) bond motifs is 23. The molecule has 15 aromatic rings. The summed E-state index contributed by atoms with van der Waals surface area (Å²) in [6, 6.07) is 96.8. The molecule has 2 aromatic heterocycles. The average Bonchev–Trinajstić information content (AvgIpc) is 1.51. The number of unbranched alkanes of at least 4 members (excludes halogenated alkanes) is 36. The van der Waals surface area contributed by atoms with Gasteiger partial charge in [0.15, 0.2) is 0 Å². The summed E-state index contributed by atoms with van der Waals surface area (Å²) in [5.41, 5.74) is 46.9. The van der Waals surface area contributed by atoms with E-state index in [4.69, 9.17) is 8.83 Å². The molecule has 0 unspecified atom stereocenters. The predicted octanol–water partition coefficient (Wildman–Crippen LogP) is 46.4. The first-order valence-electron chi connectivity index (χ1n) is 61.6. The van der Waals surface area contributed by atoms with E-state index in [1.54, 1.807) is 33.4 Å². The van der Waals surface area contributed by atoms with Gasteiger partial charge in [0.2, 0.25) is 0 Å². The fourth-order valence-corrected chi connectivity index (χ4v) is 29.8. The average molecular weight is 1990 g/mol. The Bertz CT molecular complexity index is 7100. The molecule has 5 aliphatic rings. The maximum atomic E-state index is 7.54. The minimum atomic E-state index is -0.292. The van der Waals surface area contributed by atoms with E-state index in [0.29, 0.717) is 0 Å². The molecule has 0 saturated carbocycles. The molecule has 784 valence electrons. The topological polar surface area (TPSA) is 29.5 Å². The Kier molecular flexibility index (Phi) is 34.2. The maximum Gasteiger partial charge on any atom is 0.143 e. The maximum absolute atomic E-state index is 7.54. The van der Waals surface area contributed by atoms with Gasteiger partial charge in [-0.3, -0.25) is 0 Å². The van der Waals surface area contributed by atoms with Gasteiger partial charge >= 0.3 is 0 Å². The molecule has 0 aliphatic heterocycles. The molecular formula is C147H179NO2. The van der Waals surface area contributed by atoms with Crippen molar-refractivity contribution in [2.75, 3.05) is 4.90 Å². The minimum absolute atomic E-state index is 0.0361. The highest BCUT2D eigenvalue weighted by atomic mass is 16.3. The predicted molar refractivity (Wildman–Crippen MR) is 649 cm³/mol. The number of hydrogen-bond acceptors (Lipinski definition) is 3. The fourth-order valence-electron chi connectivity index (χ4n) is 29.8. The molecule has 13 aromatic carbocycles. The first-order valence-corrected chi connectivity index (χ1v) is 61.6. The van der Waals surface area contributed by atoms with E-state index in [2.05, 4.69) is 325 Å². The van der Waals surface area contributed by atoms with Gasteiger partial charge < -0.3 is 13.7 Å². The van der Waals surface area contributed by atoms with Crippen molar-refractivity contribution < 1.29 is 8.83 Å². The molecule has 0 radical (unpaired) electrons. The van der Waals surface area contributed by atoms with Crippen LogP contribution in [0.15, 0.2) is 245 Å². The Morgan fingerprint density at radius 2 is 0.547 bits per heavy atom. The molecule has 5 aliphatic carbocycles. The van der Waals surface area contributed by atoms with Crippen LogP contribution in [0.5, 0.6) is 0 Å². The lowest BCUT2D eigenvalue weighted by Crippen LogP contribution is -2.27. The SMILES string of the molecule is CCCCCCCCC1(CCCCCCCC)c2cc(N(c3ccc4c(c3)C(CCCCCCC)(CCCCCCC)c3cc(-c5ccc(-c6ccc7c(c6)C(C)(C)c6cc(-c8ccc9c(c8)C(CCCCCCC)(CCCCCCC)c8ccccc8-9)ccc6-7)cc5)c5oc6ccccc6c5c3-4)c3ccc(C)cc3C)ccc2-c2cc3c(cc21)-c1c(ccc2oc4ccccc4c12)C3(CCCCCCCC)CCCCCCCC. The van der Waals surface area contributed by atoms with Crippen molar-refractivity contribution in [1.29, 1.82) is 0 Å². The Morgan fingerprint density at radius 1 is 0.213 bits per heavy atom. The van der Waals surface area contributed by atoms with E-state index in [1.807, 2.05) is 0 Å². The van der Waals surface area contributed by atoms with Crippen molar-refractivity contribution in [1.82, 2.24) is 0 Å². The quantitative estimate of drug-likeness (QED) is 0.0356. The van der Waals surface area contributed by atoms with Crippen LogP contribution in [0.1, 0.15) is 470 Å². The van der Waals surface area contributed by atoms with Crippen molar-refractivity contribution in [3.63, 3.8) is 0 Å². The van der Waals surface area contributed by atoms with Gasteiger partial charge in [0.1, 0.15) is 22.3 Å². The van der Waals surface area contributed by atoms with Gasteiger partial charge in [0.05, 0.1) is 0 Å². The van der Waals surface area contributed by atoms with Crippen LogP contribution in [0.3, 0.4) is 0 Å². The van der Waals surface area contributed by atoms with E-state index in [-0.39, 0.29) is 27.1 Å². The Labute approximate surface area is 904 Å². The lowest BCUT2D eigenvalue weighted by molar-refractivity contribution is 0.394. The monoisotopic (exact) mass is 1990 g/mol. The molecule has 0 spiro atoms. The summed E-state index contributed by atoms with van der Waals surface area (Å²) >= 11 is 0. The third-order valence-electron chi connectivity index (χ3n) is 37.9. The number of benzene rings is 13. The number of nitrogens with zero attached hydrogens (tertiary/aromatic N) is 1. The molecule has 0 bridgehead atoms. The van der Waals surface area contributed by atoms with E-state index in [1.165, 1.54) is 469 Å². The highest BCUT2D eigenvalue weighted by molar-refractivity contribution is 6.19. The van der Waals surface area contributed by atoms with E-state index < -0.39 is 0 Å². The van der Waals surface area contributed by atoms with Gasteiger partial charge in [-0.2, -0.15) is 0 Å². The number of para-hydroxylation sites is 2. The van der Waals surface area contributed by atoms with Crippen molar-refractivity contribution in [2.45, 2.75) is 444 Å². The number of furan rings is 2. The number of rotatable bonds is 58. The molecule has 2 heterocycles. The van der Waals surface area contributed by atoms with Crippen LogP contribution >= 0.6 is 0 Å². The zero-order chi connectivity index (χ0) is 103. The summed E-state index contributed by atoms with van der Waals surface area (Å²) in [6.45, 7) is 28.7. The first kappa shape index (κ1) is 106. The van der Waals surface area contributed by atoms with E-state index >= 15 is 0 Å². The smallest absolute Gasteiger partial charge is 0.143 e. The van der Waals surface area contributed by atoms with Gasteiger partial charge in [-0.1, -0.05) is 509 Å². The Balaban J connectivity index is 0.708. The van der Waals surface area contributed by atoms with E-state index in [0.717, 1.165) is 48.0 Å². The van der Waals surface area contributed by atoms with Crippen molar-refractivity contribution >= 4 is 60.9 Å². The summed E-state index contributed by atoms with van der Waals surface area (Å²) in [5, 5.41) is 5.08. The van der Waals surface area contributed by atoms with Gasteiger partial charge in [-0.15, -0.1) is 0 Å². The van der Waals surface area contributed by atoms with Crippen LogP contribution in [-0.2, 0) is 27.1 Å². The van der Waals surface area contributed by atoms with Crippen LogP contribution in [0, 0.1) is 13.8 Å². The van der Waals surface area contributed by atoms with Gasteiger partial charge in [0, 0.05) is 71.2 Å². The number of hydrogen-bond donors (Lipinski definition) is 0. The molecule has 0 N–H and O–H groups in total. The molecule has 3 nitrogen and oxygen atoms in total. The molecule has 20 rings (SSSR count). The highest BCUT2D eigenvalue weighted by Crippen LogP contribution is 2.67. The second kappa shape index (κ2) is 48.3. The third-order valence-corrected chi connectivity index (χ3v) is 37.9. The van der Waals surface area contributed by atoms with Gasteiger partial charge in [0.25, 0.3) is 0 Å². The lowest BCUT2D eigenvalue weighted by atomic mass is 9.68. The van der Waals surface area contributed by atoms with Crippen molar-refractivity contribution in [2.24, 2.45) is 0 Å². The Morgan fingerprint density at radius 3 is 1.04 bits per heavy atom. The summed E-state index contributed by atoms with van der Waals surface area (Å²) in [7, 11) is 0. The zero-order valence-corrected chi connectivity index (χ0v) is 94.5. The number of aryl methyl sites for hydroxylation is 2. The largest absolute Gasteiger partial charge is 0.456 e. The van der Waals surface area contributed by atoms with Gasteiger partial charge in [-0.05, 0) is 295 Å². The van der Waals surface area contributed by atoms with Crippen LogP contribution < -0.4 is 4.90 Å². The molecule has 3 heteroatoms. The van der Waals surface area contributed by atoms with E-state index in [9.17, 15) is 0 Å². The summed E-state index contributed by atoms with van der Waals surface area (Å²) in [5.74, 6) is 0. The minimum Gasteiger partial charge on any atom is -0.456 e. The molecule has 150 heavy (non-hydrogen) atoms. The second-order valence-corrected chi connectivity index (χ2v) is 48.2. The Hall–Kier alpha value is -10.7. The zero-order valence-electron chi connectivity index (χ0n) is 94.5. The fraction of sp³-hybridized carbons (Fsp3) is 0.469. The molecule has 0 saturated heterocycles. The van der Waals surface area contributed by atoms with Crippen molar-refractivity contribution in [3.05, 3.63) is 303 Å². The molecule has 0 fully saturated rings. The van der Waals surface area contributed by atoms with Crippen LogP contribution in [-0.4, -0.2) is 0 Å². The summed E-state index contributed by atoms with van der Waals surface area (Å²) in [4.78, 5) is 2.77. The van der Waals surface area contributed by atoms with Crippen LogP contribution in [0.4, 0.5) is 17.1 Å². The van der Waals surface area contributed by atoms with Gasteiger partial charge in [-0.25, -0.2) is 0 Å². The molecule has 0 atom stereocenters. The summed E-state index contributed by atoms with van der Waals surface area (Å²) in [6.07, 6.45) is 65.4. The highest BCUT2D eigenvalue weighted by Gasteiger charge is 2.52. The molecular weight excluding hydrogens is 1810 g/mol. The third kappa shape index (κ3) is 20.7. The summed E-state index contributed by atoms with van der Waals surface area (Å²) < 4.78 is 14.6.